The predicted molar refractivity (Wildman–Crippen MR) is 218 cm³/mol. The van der Waals surface area contributed by atoms with Crippen LogP contribution in [0.25, 0.3) is 0 Å². The number of unbranched alkanes of at least 4 members (excludes halogenated alkanes) is 3. The Morgan fingerprint density at radius 2 is 1.22 bits per heavy atom. The lowest BCUT2D eigenvalue weighted by molar-refractivity contribution is -0.159. The number of thioether (sulfide) groups is 2. The van der Waals surface area contributed by atoms with Crippen LogP contribution in [0.2, 0.25) is 0 Å². The smallest absolute Gasteiger partial charge is 0.350 e. The summed E-state index contributed by atoms with van der Waals surface area (Å²) in [4.78, 5) is 64.7. The van der Waals surface area contributed by atoms with E-state index in [1.54, 1.807) is 12.1 Å². The van der Waals surface area contributed by atoms with Crippen molar-refractivity contribution in [1.82, 2.24) is 0 Å². The maximum Gasteiger partial charge on any atom is 0.350 e. The molecule has 0 bridgehead atoms. The Balaban J connectivity index is 1.09. The van der Waals surface area contributed by atoms with E-state index in [1.807, 2.05) is 13.0 Å². The van der Waals surface area contributed by atoms with E-state index in [4.69, 9.17) is 28.4 Å². The minimum atomic E-state index is -0.735. The Labute approximate surface area is 350 Å². The van der Waals surface area contributed by atoms with Crippen LogP contribution in [-0.2, 0) is 42.9 Å². The number of benzene rings is 1. The van der Waals surface area contributed by atoms with Crippen molar-refractivity contribution in [2.24, 2.45) is 23.7 Å². The van der Waals surface area contributed by atoms with Gasteiger partial charge in [0.25, 0.3) is 0 Å². The Morgan fingerprint density at radius 1 is 0.707 bits per heavy atom. The molecule has 1 aliphatic heterocycles. The van der Waals surface area contributed by atoms with Gasteiger partial charge >= 0.3 is 29.8 Å². The highest BCUT2D eigenvalue weighted by atomic mass is 32.2. The zero-order chi connectivity index (χ0) is 41.4. The molecule has 4 aliphatic rings. The van der Waals surface area contributed by atoms with Crippen LogP contribution < -0.4 is 9.47 Å². The molecule has 0 unspecified atom stereocenters. The van der Waals surface area contributed by atoms with E-state index in [0.29, 0.717) is 71.0 Å². The maximum absolute atomic E-state index is 13.6. The van der Waals surface area contributed by atoms with Crippen LogP contribution >= 0.6 is 23.5 Å². The summed E-state index contributed by atoms with van der Waals surface area (Å²) in [5, 5.41) is 9.91. The van der Waals surface area contributed by atoms with Crippen molar-refractivity contribution in [2.45, 2.75) is 145 Å². The lowest BCUT2D eigenvalue weighted by Crippen LogP contribution is -2.33. The first-order valence-electron chi connectivity index (χ1n) is 21.0. The van der Waals surface area contributed by atoms with Gasteiger partial charge in [0.2, 0.25) is 0 Å². The average molecular weight is 840 g/mol. The van der Waals surface area contributed by atoms with Crippen LogP contribution in [0.15, 0.2) is 44.4 Å². The minimum Gasteiger partial charge on any atom is -0.463 e. The van der Waals surface area contributed by atoms with E-state index in [1.165, 1.54) is 6.08 Å². The molecule has 0 saturated heterocycles. The number of nitriles is 1. The molecule has 3 saturated carbocycles. The number of hydrogen-bond donors (Lipinski definition) is 0. The molecule has 1 aromatic rings. The summed E-state index contributed by atoms with van der Waals surface area (Å²) in [6, 6.07) is 5.18. The SMILES string of the molecule is C=CC(=O)OCCCCCCOC1CCC(C(=O)OC2CCC(C(=O)Oc3ccc(OC(=O)C4CCC(C)CC4)c4c3S/C(=C(\C#N)C(=O)OCCC)S4)CC2)CC1. The van der Waals surface area contributed by atoms with Crippen LogP contribution in [0.3, 0.4) is 0 Å². The average Bonchev–Trinajstić information content (AvgIpc) is 3.68. The molecule has 12 nitrogen and oxygen atoms in total. The molecular formula is C44H57NO11S2. The second kappa shape index (κ2) is 23.1. The highest BCUT2D eigenvalue weighted by Crippen LogP contribution is 2.59. The summed E-state index contributed by atoms with van der Waals surface area (Å²) >= 11 is 2.25. The fourth-order valence-electron chi connectivity index (χ4n) is 7.69. The van der Waals surface area contributed by atoms with Crippen molar-refractivity contribution in [1.29, 1.82) is 5.26 Å². The van der Waals surface area contributed by atoms with Crippen molar-refractivity contribution in [3.05, 3.63) is 34.6 Å². The highest BCUT2D eigenvalue weighted by Gasteiger charge is 2.36. The van der Waals surface area contributed by atoms with Gasteiger partial charge in [-0.2, -0.15) is 5.26 Å². The van der Waals surface area contributed by atoms with Gasteiger partial charge in [0.15, 0.2) is 5.57 Å². The number of nitrogens with zero attached hydrogens (tertiary/aromatic N) is 1. The molecule has 0 aromatic heterocycles. The van der Waals surface area contributed by atoms with Crippen LogP contribution in [0.1, 0.15) is 123 Å². The first-order chi connectivity index (χ1) is 28.1. The summed E-state index contributed by atoms with van der Waals surface area (Å²) in [5.41, 5.74) is -0.157. The van der Waals surface area contributed by atoms with Crippen molar-refractivity contribution in [2.75, 3.05) is 19.8 Å². The van der Waals surface area contributed by atoms with Gasteiger partial charge in [-0.1, -0.05) is 50.4 Å². The van der Waals surface area contributed by atoms with E-state index in [9.17, 15) is 29.2 Å². The number of rotatable bonds is 18. The number of hydrogen-bond acceptors (Lipinski definition) is 14. The van der Waals surface area contributed by atoms with Crippen molar-refractivity contribution >= 4 is 53.4 Å². The van der Waals surface area contributed by atoms with Crippen molar-refractivity contribution in [3.8, 4) is 17.6 Å². The van der Waals surface area contributed by atoms with Crippen LogP contribution in [0.5, 0.6) is 11.5 Å². The van der Waals surface area contributed by atoms with Gasteiger partial charge in [0.05, 0.1) is 51.1 Å². The molecule has 0 spiro atoms. The summed E-state index contributed by atoms with van der Waals surface area (Å²) in [7, 11) is 0. The largest absolute Gasteiger partial charge is 0.463 e. The van der Waals surface area contributed by atoms with Crippen molar-refractivity contribution in [3.63, 3.8) is 0 Å². The van der Waals surface area contributed by atoms with Gasteiger partial charge in [0.1, 0.15) is 23.7 Å². The number of ether oxygens (including phenoxy) is 6. The topological polar surface area (TPSA) is 165 Å². The van der Waals surface area contributed by atoms with E-state index >= 15 is 0 Å². The second-order valence-corrected chi connectivity index (χ2v) is 18.0. The molecular weight excluding hydrogens is 783 g/mol. The van der Waals surface area contributed by atoms with Crippen molar-refractivity contribution < 1.29 is 52.4 Å². The molecule has 0 radical (unpaired) electrons. The fourth-order valence-corrected chi connectivity index (χ4v) is 10.2. The van der Waals surface area contributed by atoms with Gasteiger partial charge < -0.3 is 28.4 Å². The molecule has 3 aliphatic carbocycles. The molecule has 5 rings (SSSR count). The summed E-state index contributed by atoms with van der Waals surface area (Å²) < 4.78 is 34.5. The van der Waals surface area contributed by atoms with E-state index < -0.39 is 23.8 Å². The van der Waals surface area contributed by atoms with Gasteiger partial charge in [-0.25, -0.2) is 9.59 Å². The molecule has 58 heavy (non-hydrogen) atoms. The Bertz CT molecular complexity index is 1700. The third-order valence-electron chi connectivity index (χ3n) is 11.3. The molecule has 1 heterocycles. The monoisotopic (exact) mass is 839 g/mol. The zero-order valence-corrected chi connectivity index (χ0v) is 35.4. The van der Waals surface area contributed by atoms with Crippen LogP contribution in [0, 0.1) is 35.0 Å². The molecule has 3 fully saturated rings. The van der Waals surface area contributed by atoms with Gasteiger partial charge in [-0.05, 0) is 121 Å². The Kier molecular flexibility index (Phi) is 18.0. The van der Waals surface area contributed by atoms with E-state index in [2.05, 4.69) is 13.5 Å². The van der Waals surface area contributed by atoms with Gasteiger partial charge in [-0.3, -0.25) is 14.4 Å². The minimum absolute atomic E-state index is 0.146. The third kappa shape index (κ3) is 13.1. The quantitative estimate of drug-likeness (QED) is 0.0343. The zero-order valence-electron chi connectivity index (χ0n) is 33.8. The second-order valence-electron chi connectivity index (χ2n) is 15.7. The third-order valence-corrected chi connectivity index (χ3v) is 13.9. The van der Waals surface area contributed by atoms with Gasteiger partial charge in [-0.15, -0.1) is 0 Å². The lowest BCUT2D eigenvalue weighted by Gasteiger charge is -2.31. The number of carbonyl (C=O) groups is 5. The summed E-state index contributed by atoms with van der Waals surface area (Å²) in [5.74, 6) is -1.66. The predicted octanol–water partition coefficient (Wildman–Crippen LogP) is 9.18. The van der Waals surface area contributed by atoms with E-state index in [0.717, 1.165) is 101 Å². The number of esters is 5. The lowest BCUT2D eigenvalue weighted by atomic mass is 9.83. The maximum atomic E-state index is 13.6. The molecule has 1 aromatic carbocycles. The fraction of sp³-hybridized carbons (Fsp3) is 0.636. The molecule has 0 amide bonds. The molecule has 0 atom stereocenters. The first-order valence-corrected chi connectivity index (χ1v) is 22.6. The Morgan fingerprint density at radius 3 is 1.76 bits per heavy atom. The number of fused-ring (bicyclic) bond motifs is 1. The number of carbonyl (C=O) groups excluding carboxylic acids is 5. The Hall–Kier alpha value is -3.80. The standard InChI is InChI=1S/C44H57NO11S2/c1-4-24-53-43(50)34(27-45)44-57-38-35(55-41(48)29-12-10-28(3)11-13-29)22-23-36(39(38)58-44)56-42(49)31-16-20-33(21-17-31)54-40(47)30-14-18-32(19-15-30)51-25-8-6-7-9-26-52-37(46)5-2/h5,22-23,28-33H,2,4,6-21,24-26H2,1,3H3/b44-34+. The highest BCUT2D eigenvalue weighted by molar-refractivity contribution is 8.24. The van der Waals surface area contributed by atoms with Gasteiger partial charge in [0, 0.05) is 12.7 Å². The summed E-state index contributed by atoms with van der Waals surface area (Å²) in [6.07, 6.45) is 14.0. The molecule has 316 valence electrons. The van der Waals surface area contributed by atoms with Crippen LogP contribution in [0.4, 0.5) is 0 Å². The summed E-state index contributed by atoms with van der Waals surface area (Å²) in [6.45, 7) is 8.68. The van der Waals surface area contributed by atoms with Crippen LogP contribution in [-0.4, -0.2) is 61.9 Å². The first kappa shape index (κ1) is 45.3. The normalized spacial score (nSPS) is 25.0. The van der Waals surface area contributed by atoms with E-state index in [-0.39, 0.29) is 53.9 Å². The molecule has 0 N–H and O–H groups in total. The molecule has 14 heteroatoms.